The van der Waals surface area contributed by atoms with Gasteiger partial charge in [-0.2, -0.15) is 0 Å². The van der Waals surface area contributed by atoms with Crippen LogP contribution < -0.4 is 10.9 Å². The number of ether oxygens (including phenoxy) is 1. The zero-order chi connectivity index (χ0) is 22.5. The minimum atomic E-state index is -0.227. The lowest BCUT2D eigenvalue weighted by molar-refractivity contribution is -0.122. The number of fused-ring (bicyclic) bond motifs is 1. The minimum Gasteiger partial charge on any atom is -0.382 e. The molecule has 3 rings (SSSR count). The van der Waals surface area contributed by atoms with Crippen LogP contribution in [0.1, 0.15) is 38.3 Å². The summed E-state index contributed by atoms with van der Waals surface area (Å²) in [6, 6.07) is 3.73. The molecule has 1 aliphatic rings. The van der Waals surface area contributed by atoms with Gasteiger partial charge in [0.05, 0.1) is 10.5 Å². The molecule has 1 saturated heterocycles. The van der Waals surface area contributed by atoms with E-state index < -0.39 is 0 Å². The molecule has 2 aromatic heterocycles. The number of anilines is 1. The number of hydrogen-bond acceptors (Lipinski definition) is 7. The fraction of sp³-hybridized carbons (Fsp3) is 0.455. The van der Waals surface area contributed by atoms with Gasteiger partial charge in [-0.3, -0.25) is 18.9 Å². The fourth-order valence-corrected chi connectivity index (χ4v) is 4.51. The number of amides is 1. The molecule has 1 fully saturated rings. The molecular formula is C22H28N4O3S2. The maximum absolute atomic E-state index is 13.3. The molecule has 3 heterocycles. The van der Waals surface area contributed by atoms with Crippen LogP contribution in [0, 0.1) is 12.8 Å². The monoisotopic (exact) mass is 460 g/mol. The highest BCUT2D eigenvalue weighted by atomic mass is 32.2. The van der Waals surface area contributed by atoms with Gasteiger partial charge in [-0.05, 0) is 43.9 Å². The maximum atomic E-state index is 13.3. The Morgan fingerprint density at radius 3 is 2.84 bits per heavy atom. The van der Waals surface area contributed by atoms with E-state index >= 15 is 0 Å². The Bertz CT molecular complexity index is 1080. The van der Waals surface area contributed by atoms with Crippen molar-refractivity contribution in [3.8, 4) is 0 Å². The zero-order valence-electron chi connectivity index (χ0n) is 18.3. The van der Waals surface area contributed by atoms with Crippen LogP contribution >= 0.6 is 24.0 Å². The van der Waals surface area contributed by atoms with E-state index in [4.69, 9.17) is 21.9 Å². The van der Waals surface area contributed by atoms with E-state index in [1.807, 2.05) is 39.8 Å². The first-order valence-corrected chi connectivity index (χ1v) is 11.6. The van der Waals surface area contributed by atoms with Gasteiger partial charge in [0.1, 0.15) is 15.8 Å². The third kappa shape index (κ3) is 5.34. The molecule has 1 amide bonds. The molecular weight excluding hydrogens is 432 g/mol. The number of carbonyl (C=O) groups is 1. The summed E-state index contributed by atoms with van der Waals surface area (Å²) in [5.74, 6) is 0.588. The van der Waals surface area contributed by atoms with E-state index in [-0.39, 0.29) is 11.5 Å². The van der Waals surface area contributed by atoms with Gasteiger partial charge in [0, 0.05) is 32.5 Å². The van der Waals surface area contributed by atoms with E-state index in [2.05, 4.69) is 5.32 Å². The van der Waals surface area contributed by atoms with E-state index in [0.29, 0.717) is 58.5 Å². The summed E-state index contributed by atoms with van der Waals surface area (Å²) >= 11 is 6.62. The molecule has 1 aliphatic heterocycles. The third-order valence-corrected chi connectivity index (χ3v) is 6.12. The Balaban J connectivity index is 2.01. The van der Waals surface area contributed by atoms with Crippen molar-refractivity contribution in [1.82, 2.24) is 14.3 Å². The van der Waals surface area contributed by atoms with Crippen molar-refractivity contribution in [3.05, 3.63) is 44.7 Å². The zero-order valence-corrected chi connectivity index (χ0v) is 19.9. The third-order valence-electron chi connectivity index (χ3n) is 4.74. The largest absolute Gasteiger partial charge is 0.382 e. The summed E-state index contributed by atoms with van der Waals surface area (Å²) < 4.78 is 7.42. The van der Waals surface area contributed by atoms with Gasteiger partial charge >= 0.3 is 0 Å². The molecule has 31 heavy (non-hydrogen) atoms. The highest BCUT2D eigenvalue weighted by Crippen LogP contribution is 2.33. The van der Waals surface area contributed by atoms with E-state index in [0.717, 1.165) is 12.0 Å². The molecule has 2 aromatic rings. The molecule has 1 N–H and O–H groups in total. The SMILES string of the molecule is CCOCCCNc1nc2c(C)cccn2c(=O)c1/C=C1/SC(=S)N(CC(C)C)C1=O. The number of nitrogens with zero attached hydrogens (tertiary/aromatic N) is 3. The van der Waals surface area contributed by atoms with Gasteiger partial charge in [-0.25, -0.2) is 4.98 Å². The number of hydrogen-bond donors (Lipinski definition) is 1. The molecule has 0 unspecified atom stereocenters. The van der Waals surface area contributed by atoms with E-state index in [1.54, 1.807) is 17.2 Å². The van der Waals surface area contributed by atoms with Crippen LogP contribution in [-0.4, -0.2) is 50.8 Å². The lowest BCUT2D eigenvalue weighted by atomic mass is 10.2. The van der Waals surface area contributed by atoms with Gasteiger partial charge in [0.2, 0.25) is 0 Å². The van der Waals surface area contributed by atoms with Gasteiger partial charge in [0.15, 0.2) is 0 Å². The summed E-state index contributed by atoms with van der Waals surface area (Å²) in [5, 5.41) is 3.26. The van der Waals surface area contributed by atoms with Gasteiger partial charge in [0.25, 0.3) is 11.5 Å². The average molecular weight is 461 g/mol. The summed E-state index contributed by atoms with van der Waals surface area (Å²) in [5.41, 5.74) is 1.61. The van der Waals surface area contributed by atoms with Crippen LogP contribution in [0.5, 0.6) is 0 Å². The van der Waals surface area contributed by atoms with Crippen molar-refractivity contribution < 1.29 is 9.53 Å². The molecule has 0 saturated carbocycles. The quantitative estimate of drug-likeness (QED) is 0.347. The Labute approximate surface area is 191 Å². The highest BCUT2D eigenvalue weighted by molar-refractivity contribution is 8.26. The number of thiocarbonyl (C=S) groups is 1. The van der Waals surface area contributed by atoms with Crippen LogP contribution in [0.25, 0.3) is 11.7 Å². The number of pyridine rings is 1. The second-order valence-electron chi connectivity index (χ2n) is 7.73. The van der Waals surface area contributed by atoms with Crippen LogP contribution in [0.3, 0.4) is 0 Å². The minimum absolute atomic E-state index is 0.167. The molecule has 0 aliphatic carbocycles. The Hall–Kier alpha value is -2.23. The van der Waals surface area contributed by atoms with Crippen molar-refractivity contribution in [2.24, 2.45) is 5.92 Å². The average Bonchev–Trinajstić information content (AvgIpc) is 2.98. The summed E-state index contributed by atoms with van der Waals surface area (Å²) in [4.78, 5) is 33.0. The molecule has 0 bridgehead atoms. The van der Waals surface area contributed by atoms with E-state index in [9.17, 15) is 9.59 Å². The maximum Gasteiger partial charge on any atom is 0.267 e. The summed E-state index contributed by atoms with van der Waals surface area (Å²) in [7, 11) is 0. The smallest absolute Gasteiger partial charge is 0.267 e. The molecule has 7 nitrogen and oxygen atoms in total. The molecule has 9 heteroatoms. The normalized spacial score (nSPS) is 15.6. The topological polar surface area (TPSA) is 75.9 Å². The number of thioether (sulfide) groups is 1. The number of carbonyl (C=O) groups excluding carboxylic acids is 1. The summed E-state index contributed by atoms with van der Waals surface area (Å²) in [6.45, 7) is 10.4. The van der Waals surface area contributed by atoms with Gasteiger partial charge < -0.3 is 10.1 Å². The van der Waals surface area contributed by atoms with Gasteiger partial charge in [-0.15, -0.1) is 0 Å². The first kappa shape index (κ1) is 23.4. The first-order chi connectivity index (χ1) is 14.8. The number of aryl methyl sites for hydroxylation is 1. The lowest BCUT2D eigenvalue weighted by Gasteiger charge is -2.16. The fourth-order valence-electron chi connectivity index (χ4n) is 3.26. The second kappa shape index (κ2) is 10.4. The number of aromatic nitrogens is 2. The molecule has 0 radical (unpaired) electrons. The first-order valence-electron chi connectivity index (χ1n) is 10.4. The van der Waals surface area contributed by atoms with Crippen molar-refractivity contribution in [1.29, 1.82) is 0 Å². The standard InChI is InChI=1S/C22H28N4O3S2/c1-5-29-11-7-9-23-18-16(20(27)25-10-6-8-15(4)19(25)24-18)12-17-21(28)26(13-14(2)3)22(30)31-17/h6,8,10,12,14,23H,5,7,9,11,13H2,1-4H3/b17-12+. The molecule has 0 atom stereocenters. The van der Waals surface area contributed by atoms with Crippen LogP contribution in [0.2, 0.25) is 0 Å². The predicted octanol–water partition coefficient (Wildman–Crippen LogP) is 3.70. The highest BCUT2D eigenvalue weighted by Gasteiger charge is 2.32. The van der Waals surface area contributed by atoms with Crippen molar-refractivity contribution in [3.63, 3.8) is 0 Å². The predicted molar refractivity (Wildman–Crippen MR) is 131 cm³/mol. The lowest BCUT2D eigenvalue weighted by Crippen LogP contribution is -2.31. The Morgan fingerprint density at radius 2 is 2.13 bits per heavy atom. The molecule has 0 aromatic carbocycles. The number of nitrogens with one attached hydrogen (secondary N) is 1. The van der Waals surface area contributed by atoms with Crippen LogP contribution in [0.15, 0.2) is 28.0 Å². The Kier molecular flexibility index (Phi) is 7.85. The van der Waals surface area contributed by atoms with Crippen molar-refractivity contribution in [2.75, 3.05) is 31.6 Å². The Morgan fingerprint density at radius 1 is 1.35 bits per heavy atom. The van der Waals surface area contributed by atoms with Gasteiger partial charge in [-0.1, -0.05) is 43.9 Å². The van der Waals surface area contributed by atoms with Crippen molar-refractivity contribution in [2.45, 2.75) is 34.1 Å². The van der Waals surface area contributed by atoms with E-state index in [1.165, 1.54) is 16.2 Å². The second-order valence-corrected chi connectivity index (χ2v) is 9.40. The molecule has 166 valence electrons. The number of rotatable bonds is 9. The summed E-state index contributed by atoms with van der Waals surface area (Å²) in [6.07, 6.45) is 4.09. The van der Waals surface area contributed by atoms with Crippen LogP contribution in [-0.2, 0) is 9.53 Å². The van der Waals surface area contributed by atoms with Crippen molar-refractivity contribution >= 4 is 51.7 Å². The molecule has 0 spiro atoms. The van der Waals surface area contributed by atoms with Crippen LogP contribution in [0.4, 0.5) is 5.82 Å².